The van der Waals surface area contributed by atoms with Gasteiger partial charge in [0.05, 0.1) is 7.11 Å². The molecule has 0 saturated carbocycles. The summed E-state index contributed by atoms with van der Waals surface area (Å²) in [5, 5.41) is 3.59. The van der Waals surface area contributed by atoms with Crippen molar-refractivity contribution < 1.29 is 4.74 Å². The van der Waals surface area contributed by atoms with Crippen molar-refractivity contribution in [2.45, 2.75) is 32.2 Å². The van der Waals surface area contributed by atoms with Crippen molar-refractivity contribution in [1.29, 1.82) is 0 Å². The molecule has 1 atom stereocenters. The number of nitrogens with one attached hydrogen (secondary N) is 1. The Morgan fingerprint density at radius 1 is 1.50 bits per heavy atom. The normalized spacial score (nSPS) is 18.6. The first-order valence-corrected chi connectivity index (χ1v) is 6.65. The second-order valence-corrected chi connectivity index (χ2v) is 5.04. The predicted molar refractivity (Wildman–Crippen MR) is 70.0 cm³/mol. The van der Waals surface area contributed by atoms with E-state index in [1.54, 1.807) is 7.11 Å². The highest BCUT2D eigenvalue weighted by atomic mass is 79.9. The van der Waals surface area contributed by atoms with Crippen LogP contribution < -0.4 is 10.1 Å². The molecule has 16 heavy (non-hydrogen) atoms. The highest BCUT2D eigenvalue weighted by Gasteiger charge is 2.26. The van der Waals surface area contributed by atoms with Gasteiger partial charge in [0.15, 0.2) is 0 Å². The summed E-state index contributed by atoms with van der Waals surface area (Å²) < 4.78 is 6.62. The standard InChI is InChI=1S/C13H18BrNO/c1-3-8-15-11-6-4-9-12(16-2)7-5-10(14)13(9)11/h5,7,11,15H,3-4,6,8H2,1-2H3. The van der Waals surface area contributed by atoms with E-state index in [0.29, 0.717) is 6.04 Å². The van der Waals surface area contributed by atoms with Gasteiger partial charge in [0.1, 0.15) is 5.75 Å². The fraction of sp³-hybridized carbons (Fsp3) is 0.538. The van der Waals surface area contributed by atoms with Crippen molar-refractivity contribution in [3.63, 3.8) is 0 Å². The van der Waals surface area contributed by atoms with Gasteiger partial charge in [0.2, 0.25) is 0 Å². The SMILES string of the molecule is CCCNC1CCc2c(OC)ccc(Br)c21. The third kappa shape index (κ3) is 2.11. The molecule has 1 N–H and O–H groups in total. The summed E-state index contributed by atoms with van der Waals surface area (Å²) in [5.41, 5.74) is 2.76. The average Bonchev–Trinajstić information content (AvgIpc) is 2.72. The summed E-state index contributed by atoms with van der Waals surface area (Å²) in [6.07, 6.45) is 3.46. The lowest BCUT2D eigenvalue weighted by atomic mass is 10.1. The number of methoxy groups -OCH3 is 1. The Balaban J connectivity index is 2.30. The average molecular weight is 284 g/mol. The molecule has 0 saturated heterocycles. The Morgan fingerprint density at radius 3 is 3.00 bits per heavy atom. The van der Waals surface area contributed by atoms with Crippen LogP contribution in [0, 0.1) is 0 Å². The molecule has 0 amide bonds. The maximum absolute atomic E-state index is 5.42. The predicted octanol–water partition coefficient (Wildman–Crippen LogP) is 3.44. The van der Waals surface area contributed by atoms with Crippen molar-refractivity contribution in [1.82, 2.24) is 5.32 Å². The van der Waals surface area contributed by atoms with Gasteiger partial charge in [-0.2, -0.15) is 0 Å². The van der Waals surface area contributed by atoms with E-state index in [1.807, 2.05) is 6.07 Å². The van der Waals surface area contributed by atoms with Gasteiger partial charge in [-0.25, -0.2) is 0 Å². The van der Waals surface area contributed by atoms with Gasteiger partial charge >= 0.3 is 0 Å². The van der Waals surface area contributed by atoms with Gasteiger partial charge in [-0.1, -0.05) is 22.9 Å². The minimum Gasteiger partial charge on any atom is -0.496 e. The molecule has 1 aromatic carbocycles. The minimum atomic E-state index is 0.486. The topological polar surface area (TPSA) is 21.3 Å². The van der Waals surface area contributed by atoms with Crippen LogP contribution in [0.5, 0.6) is 5.75 Å². The van der Waals surface area contributed by atoms with Gasteiger partial charge in [0.25, 0.3) is 0 Å². The lowest BCUT2D eigenvalue weighted by molar-refractivity contribution is 0.410. The van der Waals surface area contributed by atoms with E-state index in [4.69, 9.17) is 4.74 Å². The van der Waals surface area contributed by atoms with E-state index >= 15 is 0 Å². The van der Waals surface area contributed by atoms with E-state index in [9.17, 15) is 0 Å². The molecule has 3 heteroatoms. The number of ether oxygens (including phenoxy) is 1. The summed E-state index contributed by atoms with van der Waals surface area (Å²) in [5.74, 6) is 1.03. The molecule has 0 aliphatic heterocycles. The summed E-state index contributed by atoms with van der Waals surface area (Å²) in [6.45, 7) is 3.28. The van der Waals surface area contributed by atoms with Crippen LogP contribution in [0.15, 0.2) is 16.6 Å². The molecule has 88 valence electrons. The molecule has 0 spiro atoms. The van der Waals surface area contributed by atoms with Gasteiger partial charge < -0.3 is 10.1 Å². The molecule has 0 radical (unpaired) electrons. The second kappa shape index (κ2) is 5.19. The Morgan fingerprint density at radius 2 is 2.31 bits per heavy atom. The number of halogens is 1. The smallest absolute Gasteiger partial charge is 0.122 e. The lowest BCUT2D eigenvalue weighted by Crippen LogP contribution is -2.20. The Bertz CT molecular complexity index is 378. The number of benzene rings is 1. The van der Waals surface area contributed by atoms with Crippen LogP contribution in [0.1, 0.15) is 36.9 Å². The van der Waals surface area contributed by atoms with Gasteiger partial charge in [-0.3, -0.25) is 0 Å². The first-order valence-electron chi connectivity index (χ1n) is 5.86. The highest BCUT2D eigenvalue weighted by Crippen LogP contribution is 2.41. The third-order valence-corrected chi connectivity index (χ3v) is 3.84. The maximum atomic E-state index is 5.42. The third-order valence-electron chi connectivity index (χ3n) is 3.15. The minimum absolute atomic E-state index is 0.486. The van der Waals surface area contributed by atoms with Gasteiger partial charge in [0, 0.05) is 16.1 Å². The van der Waals surface area contributed by atoms with Crippen molar-refractivity contribution in [3.8, 4) is 5.75 Å². The fourth-order valence-electron chi connectivity index (χ4n) is 2.40. The van der Waals surface area contributed by atoms with Crippen LogP contribution >= 0.6 is 15.9 Å². The van der Waals surface area contributed by atoms with Crippen molar-refractivity contribution in [2.24, 2.45) is 0 Å². The van der Waals surface area contributed by atoms with Crippen molar-refractivity contribution in [2.75, 3.05) is 13.7 Å². The molecule has 0 heterocycles. The Hall–Kier alpha value is -0.540. The zero-order valence-corrected chi connectivity index (χ0v) is 11.4. The van der Waals surface area contributed by atoms with Crippen LogP contribution in [-0.2, 0) is 6.42 Å². The van der Waals surface area contributed by atoms with Crippen LogP contribution in [0.3, 0.4) is 0 Å². The van der Waals surface area contributed by atoms with Crippen molar-refractivity contribution >= 4 is 15.9 Å². The molecule has 0 bridgehead atoms. The Kier molecular flexibility index (Phi) is 3.87. The zero-order chi connectivity index (χ0) is 11.5. The van der Waals surface area contributed by atoms with E-state index in [1.165, 1.54) is 28.4 Å². The highest BCUT2D eigenvalue weighted by molar-refractivity contribution is 9.10. The molecule has 0 fully saturated rings. The molecular weight excluding hydrogens is 266 g/mol. The molecule has 2 rings (SSSR count). The van der Waals surface area contributed by atoms with Crippen molar-refractivity contribution in [3.05, 3.63) is 27.7 Å². The largest absolute Gasteiger partial charge is 0.496 e. The molecule has 1 aliphatic rings. The summed E-state index contributed by atoms with van der Waals surface area (Å²) in [7, 11) is 1.75. The molecule has 0 aromatic heterocycles. The maximum Gasteiger partial charge on any atom is 0.122 e. The van der Waals surface area contributed by atoms with Crippen LogP contribution in [0.2, 0.25) is 0 Å². The van der Waals surface area contributed by atoms with Crippen LogP contribution in [0.25, 0.3) is 0 Å². The van der Waals surface area contributed by atoms with Gasteiger partial charge in [-0.15, -0.1) is 0 Å². The molecular formula is C13H18BrNO. The zero-order valence-electron chi connectivity index (χ0n) is 9.85. The first-order chi connectivity index (χ1) is 7.77. The fourth-order valence-corrected chi connectivity index (χ4v) is 3.05. The van der Waals surface area contributed by atoms with Crippen LogP contribution in [-0.4, -0.2) is 13.7 Å². The number of rotatable bonds is 4. The van der Waals surface area contributed by atoms with E-state index in [-0.39, 0.29) is 0 Å². The molecule has 2 nitrogen and oxygen atoms in total. The quantitative estimate of drug-likeness (QED) is 0.914. The molecule has 1 aromatic rings. The summed E-state index contributed by atoms with van der Waals surface area (Å²) in [6, 6.07) is 4.62. The molecule has 1 aliphatic carbocycles. The van der Waals surface area contributed by atoms with E-state index in [0.717, 1.165) is 18.7 Å². The lowest BCUT2D eigenvalue weighted by Gasteiger charge is -2.16. The summed E-state index contributed by atoms with van der Waals surface area (Å²) in [4.78, 5) is 0. The van der Waals surface area contributed by atoms with Crippen LogP contribution in [0.4, 0.5) is 0 Å². The first kappa shape index (κ1) is 11.9. The summed E-state index contributed by atoms with van der Waals surface area (Å²) >= 11 is 3.65. The monoisotopic (exact) mass is 283 g/mol. The van der Waals surface area contributed by atoms with Gasteiger partial charge in [-0.05, 0) is 43.5 Å². The van der Waals surface area contributed by atoms with E-state index < -0.39 is 0 Å². The number of hydrogen-bond acceptors (Lipinski definition) is 2. The number of fused-ring (bicyclic) bond motifs is 1. The number of hydrogen-bond donors (Lipinski definition) is 1. The second-order valence-electron chi connectivity index (χ2n) is 4.19. The molecule has 1 unspecified atom stereocenters. The van der Waals surface area contributed by atoms with E-state index in [2.05, 4.69) is 34.2 Å². The Labute approximate surface area is 106 Å².